The van der Waals surface area contributed by atoms with E-state index in [0.29, 0.717) is 11.1 Å². The summed E-state index contributed by atoms with van der Waals surface area (Å²) in [4.78, 5) is 10.6. The molecule has 0 aromatic carbocycles. The number of amides is 1. The SMILES string of the molecule is C=CC(=O)NCSC(C)C. The van der Waals surface area contributed by atoms with Gasteiger partial charge < -0.3 is 5.32 Å². The zero-order valence-corrected chi connectivity index (χ0v) is 7.20. The second-order valence-corrected chi connectivity index (χ2v) is 3.67. The molecule has 1 N–H and O–H groups in total. The third kappa shape index (κ3) is 5.69. The Morgan fingerprint density at radius 2 is 2.40 bits per heavy atom. The maximum atomic E-state index is 10.6. The molecule has 0 aromatic heterocycles. The number of rotatable bonds is 4. The minimum atomic E-state index is -0.104. The van der Waals surface area contributed by atoms with Crippen LogP contribution in [0, 0.1) is 0 Å². The van der Waals surface area contributed by atoms with Crippen LogP contribution >= 0.6 is 11.8 Å². The van der Waals surface area contributed by atoms with E-state index in [2.05, 4.69) is 25.7 Å². The van der Waals surface area contributed by atoms with E-state index in [1.807, 2.05) is 0 Å². The highest BCUT2D eigenvalue weighted by molar-refractivity contribution is 7.99. The zero-order chi connectivity index (χ0) is 7.98. The molecular weight excluding hydrogens is 146 g/mol. The second-order valence-electron chi connectivity index (χ2n) is 2.10. The fourth-order valence-corrected chi connectivity index (χ4v) is 0.911. The van der Waals surface area contributed by atoms with Crippen molar-refractivity contribution in [1.29, 1.82) is 0 Å². The molecule has 0 heterocycles. The molecule has 10 heavy (non-hydrogen) atoms. The van der Waals surface area contributed by atoms with Crippen LogP contribution < -0.4 is 5.32 Å². The summed E-state index contributed by atoms with van der Waals surface area (Å²) in [5.41, 5.74) is 0. The molecule has 0 radical (unpaired) electrons. The first-order chi connectivity index (χ1) is 4.66. The molecule has 0 saturated heterocycles. The van der Waals surface area contributed by atoms with Crippen molar-refractivity contribution in [3.8, 4) is 0 Å². The van der Waals surface area contributed by atoms with Crippen LogP contribution in [-0.4, -0.2) is 17.0 Å². The molecule has 0 aromatic rings. The largest absolute Gasteiger partial charge is 0.344 e. The molecule has 0 aliphatic rings. The maximum absolute atomic E-state index is 10.6. The van der Waals surface area contributed by atoms with Crippen LogP contribution in [0.2, 0.25) is 0 Å². The van der Waals surface area contributed by atoms with E-state index in [-0.39, 0.29) is 5.91 Å². The van der Waals surface area contributed by atoms with Gasteiger partial charge in [0.25, 0.3) is 0 Å². The number of nitrogens with one attached hydrogen (secondary N) is 1. The predicted molar refractivity (Wildman–Crippen MR) is 45.9 cm³/mol. The Balaban J connectivity index is 3.19. The Morgan fingerprint density at radius 3 is 2.80 bits per heavy atom. The molecule has 0 fully saturated rings. The Bertz CT molecular complexity index is 123. The van der Waals surface area contributed by atoms with E-state index in [1.54, 1.807) is 11.8 Å². The lowest BCUT2D eigenvalue weighted by atomic mass is 10.6. The van der Waals surface area contributed by atoms with Crippen LogP contribution in [0.3, 0.4) is 0 Å². The Labute approximate surface area is 66.1 Å². The normalized spacial score (nSPS) is 9.50. The Hall–Kier alpha value is -0.440. The van der Waals surface area contributed by atoms with Crippen molar-refractivity contribution in [3.05, 3.63) is 12.7 Å². The first-order valence-corrected chi connectivity index (χ1v) is 4.23. The molecule has 3 heteroatoms. The Morgan fingerprint density at radius 1 is 1.80 bits per heavy atom. The van der Waals surface area contributed by atoms with E-state index in [4.69, 9.17) is 0 Å². The van der Waals surface area contributed by atoms with Crippen LogP contribution in [0.1, 0.15) is 13.8 Å². The number of thioether (sulfide) groups is 1. The van der Waals surface area contributed by atoms with Gasteiger partial charge >= 0.3 is 0 Å². The first kappa shape index (κ1) is 9.56. The number of carbonyl (C=O) groups is 1. The van der Waals surface area contributed by atoms with E-state index < -0.39 is 0 Å². The summed E-state index contributed by atoms with van der Waals surface area (Å²) < 4.78 is 0. The molecular formula is C7H13NOS. The Kier molecular flexibility index (Phi) is 5.12. The number of carbonyl (C=O) groups excluding carboxylic acids is 1. The van der Waals surface area contributed by atoms with Gasteiger partial charge in [-0.1, -0.05) is 20.4 Å². The summed E-state index contributed by atoms with van der Waals surface area (Å²) in [6.45, 7) is 7.51. The summed E-state index contributed by atoms with van der Waals surface area (Å²) in [5, 5.41) is 3.23. The average molecular weight is 159 g/mol. The summed E-state index contributed by atoms with van der Waals surface area (Å²) in [5.74, 6) is 0.566. The smallest absolute Gasteiger partial charge is 0.244 e. The molecule has 0 aliphatic heterocycles. The number of hydrogen-bond donors (Lipinski definition) is 1. The minimum Gasteiger partial charge on any atom is -0.344 e. The fraction of sp³-hybridized carbons (Fsp3) is 0.571. The van der Waals surface area contributed by atoms with Crippen molar-refractivity contribution in [2.45, 2.75) is 19.1 Å². The van der Waals surface area contributed by atoms with Crippen LogP contribution in [-0.2, 0) is 4.79 Å². The maximum Gasteiger partial charge on any atom is 0.244 e. The average Bonchev–Trinajstić information content (AvgIpc) is 1.87. The summed E-state index contributed by atoms with van der Waals surface area (Å²) >= 11 is 1.70. The first-order valence-electron chi connectivity index (χ1n) is 3.18. The molecule has 0 aliphatic carbocycles. The van der Waals surface area contributed by atoms with Crippen molar-refractivity contribution in [2.24, 2.45) is 0 Å². The molecule has 2 nitrogen and oxygen atoms in total. The predicted octanol–water partition coefficient (Wildman–Crippen LogP) is 1.39. The van der Waals surface area contributed by atoms with Gasteiger partial charge in [-0.25, -0.2) is 0 Å². The van der Waals surface area contributed by atoms with Crippen LogP contribution in [0.25, 0.3) is 0 Å². The lowest BCUT2D eigenvalue weighted by molar-refractivity contribution is -0.116. The second kappa shape index (κ2) is 5.35. The van der Waals surface area contributed by atoms with E-state index in [1.165, 1.54) is 6.08 Å². The van der Waals surface area contributed by atoms with Gasteiger partial charge in [-0.15, -0.1) is 11.8 Å². The summed E-state index contributed by atoms with van der Waals surface area (Å²) in [6.07, 6.45) is 1.28. The third-order valence-electron chi connectivity index (χ3n) is 0.848. The van der Waals surface area contributed by atoms with E-state index >= 15 is 0 Å². The molecule has 0 rings (SSSR count). The van der Waals surface area contributed by atoms with E-state index in [0.717, 1.165) is 0 Å². The van der Waals surface area contributed by atoms with Gasteiger partial charge in [0.15, 0.2) is 0 Å². The molecule has 58 valence electrons. The standard InChI is InChI=1S/C7H13NOS/c1-4-7(9)8-5-10-6(2)3/h4,6H,1,5H2,2-3H3,(H,8,9). The van der Waals surface area contributed by atoms with Gasteiger partial charge in [0.2, 0.25) is 5.91 Å². The molecule has 0 spiro atoms. The van der Waals surface area contributed by atoms with E-state index in [9.17, 15) is 4.79 Å². The zero-order valence-electron chi connectivity index (χ0n) is 6.39. The quantitative estimate of drug-likeness (QED) is 0.496. The van der Waals surface area contributed by atoms with Gasteiger partial charge in [-0.2, -0.15) is 0 Å². The molecule has 0 atom stereocenters. The molecule has 0 saturated carbocycles. The third-order valence-corrected chi connectivity index (χ3v) is 1.83. The van der Waals surface area contributed by atoms with Crippen molar-refractivity contribution in [3.63, 3.8) is 0 Å². The van der Waals surface area contributed by atoms with Crippen LogP contribution in [0.5, 0.6) is 0 Å². The monoisotopic (exact) mass is 159 g/mol. The lowest BCUT2D eigenvalue weighted by Gasteiger charge is -2.03. The number of hydrogen-bond acceptors (Lipinski definition) is 2. The fourth-order valence-electron chi connectivity index (χ4n) is 0.352. The highest BCUT2D eigenvalue weighted by Crippen LogP contribution is 2.05. The summed E-state index contributed by atoms with van der Waals surface area (Å²) in [6, 6.07) is 0. The van der Waals surface area contributed by atoms with Crippen molar-refractivity contribution >= 4 is 17.7 Å². The van der Waals surface area contributed by atoms with Crippen LogP contribution in [0.4, 0.5) is 0 Å². The van der Waals surface area contributed by atoms with Crippen molar-refractivity contribution in [1.82, 2.24) is 5.32 Å². The van der Waals surface area contributed by atoms with Crippen LogP contribution in [0.15, 0.2) is 12.7 Å². The van der Waals surface area contributed by atoms with Gasteiger partial charge in [-0.05, 0) is 6.08 Å². The minimum absolute atomic E-state index is 0.104. The summed E-state index contributed by atoms with van der Waals surface area (Å²) in [7, 11) is 0. The molecule has 1 amide bonds. The van der Waals surface area contributed by atoms with Gasteiger partial charge in [0.05, 0.1) is 5.88 Å². The highest BCUT2D eigenvalue weighted by atomic mass is 32.2. The lowest BCUT2D eigenvalue weighted by Crippen LogP contribution is -2.20. The van der Waals surface area contributed by atoms with Gasteiger partial charge in [-0.3, -0.25) is 4.79 Å². The van der Waals surface area contributed by atoms with Gasteiger partial charge in [0, 0.05) is 5.25 Å². The van der Waals surface area contributed by atoms with Crippen molar-refractivity contribution < 1.29 is 4.79 Å². The topological polar surface area (TPSA) is 29.1 Å². The molecule has 0 unspecified atom stereocenters. The van der Waals surface area contributed by atoms with Crippen molar-refractivity contribution in [2.75, 3.05) is 5.88 Å². The molecule has 0 bridgehead atoms. The highest BCUT2D eigenvalue weighted by Gasteiger charge is 1.94. The van der Waals surface area contributed by atoms with Gasteiger partial charge in [0.1, 0.15) is 0 Å².